The molecule has 1 atom stereocenters. The molecule has 2 nitrogen and oxygen atoms in total. The molecule has 0 saturated carbocycles. The highest BCUT2D eigenvalue weighted by atomic mass is 32.2. The molecule has 0 aliphatic carbocycles. The van der Waals surface area contributed by atoms with Crippen LogP contribution in [0.4, 0.5) is 0 Å². The van der Waals surface area contributed by atoms with Crippen molar-refractivity contribution in [3.05, 3.63) is 29.8 Å². The van der Waals surface area contributed by atoms with Gasteiger partial charge in [0.2, 0.25) is 0 Å². The summed E-state index contributed by atoms with van der Waals surface area (Å²) in [5, 5.41) is 6.80. The van der Waals surface area contributed by atoms with Gasteiger partial charge in [-0.15, -0.1) is 11.8 Å². The molecule has 0 aliphatic heterocycles. The maximum atomic E-state index is 3.46. The number of hydrogen-bond acceptors (Lipinski definition) is 3. The summed E-state index contributed by atoms with van der Waals surface area (Å²) in [6.07, 6.45) is 2.10. The topological polar surface area (TPSA) is 24.1 Å². The van der Waals surface area contributed by atoms with Gasteiger partial charge in [0.05, 0.1) is 0 Å². The second-order valence-corrected chi connectivity index (χ2v) is 5.06. The number of nitrogens with one attached hydrogen (secondary N) is 2. The monoisotopic (exact) mass is 238 g/mol. The fraction of sp³-hybridized carbons (Fsp3) is 0.538. The molecule has 0 bridgehead atoms. The number of thioether (sulfide) groups is 1. The normalized spacial score (nSPS) is 13.1. The molecule has 1 rings (SSSR count). The van der Waals surface area contributed by atoms with Crippen LogP contribution in [-0.2, 0) is 0 Å². The summed E-state index contributed by atoms with van der Waals surface area (Å²) >= 11 is 1.78. The smallest absolute Gasteiger partial charge is 0.0444 e. The fourth-order valence-corrected chi connectivity index (χ4v) is 1.98. The Labute approximate surface area is 103 Å². The average molecular weight is 238 g/mol. The van der Waals surface area contributed by atoms with Crippen LogP contribution in [0.3, 0.4) is 0 Å². The van der Waals surface area contributed by atoms with E-state index in [1.807, 2.05) is 7.05 Å². The third kappa shape index (κ3) is 4.16. The Morgan fingerprint density at radius 1 is 1.19 bits per heavy atom. The summed E-state index contributed by atoms with van der Waals surface area (Å²) in [7, 11) is 2.01. The van der Waals surface area contributed by atoms with E-state index in [1.165, 1.54) is 10.5 Å². The summed E-state index contributed by atoms with van der Waals surface area (Å²) in [4.78, 5) is 1.32. The lowest BCUT2D eigenvalue weighted by molar-refractivity contribution is 0.491. The van der Waals surface area contributed by atoms with Gasteiger partial charge in [-0.1, -0.05) is 26.0 Å². The first-order chi connectivity index (χ1) is 7.67. The van der Waals surface area contributed by atoms with Crippen LogP contribution in [0.15, 0.2) is 29.2 Å². The number of hydrogen-bond donors (Lipinski definition) is 2. The summed E-state index contributed by atoms with van der Waals surface area (Å²) in [6, 6.07) is 9.68. The molecule has 0 aliphatic rings. The van der Waals surface area contributed by atoms with Crippen LogP contribution in [0.1, 0.15) is 25.5 Å². The van der Waals surface area contributed by atoms with E-state index in [2.05, 4.69) is 55.0 Å². The number of rotatable bonds is 6. The van der Waals surface area contributed by atoms with Gasteiger partial charge in [0.15, 0.2) is 0 Å². The molecule has 1 aromatic rings. The molecule has 2 N–H and O–H groups in total. The molecule has 0 amide bonds. The summed E-state index contributed by atoms with van der Waals surface area (Å²) in [5.74, 6) is 0. The number of benzene rings is 1. The minimum Gasteiger partial charge on any atom is -0.313 e. The zero-order chi connectivity index (χ0) is 12.0. The SMILES string of the molecule is CNC(CNC(C)C)c1ccc(SC)cc1. The molecule has 1 aromatic carbocycles. The summed E-state index contributed by atoms with van der Waals surface area (Å²) < 4.78 is 0. The van der Waals surface area contributed by atoms with Crippen molar-refractivity contribution >= 4 is 11.8 Å². The Hall–Kier alpha value is -0.510. The van der Waals surface area contributed by atoms with Crippen molar-refractivity contribution in [3.63, 3.8) is 0 Å². The average Bonchev–Trinajstić information content (AvgIpc) is 2.30. The Kier molecular flexibility index (Phi) is 5.88. The molecule has 90 valence electrons. The summed E-state index contributed by atoms with van der Waals surface area (Å²) in [6.45, 7) is 5.31. The van der Waals surface area contributed by atoms with Gasteiger partial charge in [-0.2, -0.15) is 0 Å². The maximum absolute atomic E-state index is 3.46. The molecular formula is C13H22N2S. The van der Waals surface area contributed by atoms with Gasteiger partial charge in [0, 0.05) is 23.5 Å². The van der Waals surface area contributed by atoms with Gasteiger partial charge in [-0.3, -0.25) is 0 Å². The predicted octanol–water partition coefficient (Wildman–Crippen LogP) is 2.67. The minimum absolute atomic E-state index is 0.387. The second kappa shape index (κ2) is 6.94. The molecule has 0 aromatic heterocycles. The van der Waals surface area contributed by atoms with Crippen LogP contribution in [0.2, 0.25) is 0 Å². The van der Waals surface area contributed by atoms with Crippen molar-refractivity contribution < 1.29 is 0 Å². The quantitative estimate of drug-likeness (QED) is 0.745. The van der Waals surface area contributed by atoms with E-state index >= 15 is 0 Å². The molecule has 16 heavy (non-hydrogen) atoms. The minimum atomic E-state index is 0.387. The van der Waals surface area contributed by atoms with Gasteiger partial charge in [-0.25, -0.2) is 0 Å². The van der Waals surface area contributed by atoms with Crippen molar-refractivity contribution in [2.24, 2.45) is 0 Å². The summed E-state index contributed by atoms with van der Waals surface area (Å²) in [5.41, 5.74) is 1.34. The van der Waals surface area contributed by atoms with Gasteiger partial charge >= 0.3 is 0 Å². The van der Waals surface area contributed by atoms with Crippen molar-refractivity contribution in [2.45, 2.75) is 30.8 Å². The molecule has 0 radical (unpaired) electrons. The van der Waals surface area contributed by atoms with Gasteiger partial charge in [-0.05, 0) is 31.0 Å². The predicted molar refractivity (Wildman–Crippen MR) is 73.2 cm³/mol. The lowest BCUT2D eigenvalue weighted by Gasteiger charge is -2.19. The zero-order valence-electron chi connectivity index (χ0n) is 10.6. The standard InChI is InChI=1S/C13H22N2S/c1-10(2)15-9-13(14-3)11-5-7-12(16-4)8-6-11/h5-8,10,13-15H,9H2,1-4H3. The van der Waals surface area contributed by atoms with E-state index in [0.29, 0.717) is 12.1 Å². The van der Waals surface area contributed by atoms with Gasteiger partial charge < -0.3 is 10.6 Å². The van der Waals surface area contributed by atoms with Crippen molar-refractivity contribution in [2.75, 3.05) is 19.8 Å². The van der Waals surface area contributed by atoms with E-state index in [1.54, 1.807) is 11.8 Å². The molecule has 0 fully saturated rings. The highest BCUT2D eigenvalue weighted by molar-refractivity contribution is 7.98. The van der Waals surface area contributed by atoms with Crippen molar-refractivity contribution in [1.29, 1.82) is 0 Å². The zero-order valence-corrected chi connectivity index (χ0v) is 11.4. The van der Waals surface area contributed by atoms with Crippen LogP contribution < -0.4 is 10.6 Å². The van der Waals surface area contributed by atoms with Crippen LogP contribution in [-0.4, -0.2) is 25.9 Å². The molecular weight excluding hydrogens is 216 g/mol. The van der Waals surface area contributed by atoms with Crippen LogP contribution >= 0.6 is 11.8 Å². The molecule has 1 unspecified atom stereocenters. The fourth-order valence-electron chi connectivity index (χ4n) is 1.58. The first-order valence-corrected chi connectivity index (χ1v) is 6.94. The molecule has 3 heteroatoms. The Bertz CT molecular complexity index is 295. The van der Waals surface area contributed by atoms with Gasteiger partial charge in [0.1, 0.15) is 0 Å². The lowest BCUT2D eigenvalue weighted by Crippen LogP contribution is -2.33. The van der Waals surface area contributed by atoms with E-state index in [-0.39, 0.29) is 0 Å². The Morgan fingerprint density at radius 2 is 1.81 bits per heavy atom. The highest BCUT2D eigenvalue weighted by Crippen LogP contribution is 2.18. The third-order valence-electron chi connectivity index (χ3n) is 2.60. The van der Waals surface area contributed by atoms with Crippen LogP contribution in [0.5, 0.6) is 0 Å². The largest absolute Gasteiger partial charge is 0.313 e. The van der Waals surface area contributed by atoms with E-state index in [9.17, 15) is 0 Å². The molecule has 0 saturated heterocycles. The molecule has 0 spiro atoms. The molecule has 0 heterocycles. The first-order valence-electron chi connectivity index (χ1n) is 5.72. The lowest BCUT2D eigenvalue weighted by atomic mass is 10.1. The third-order valence-corrected chi connectivity index (χ3v) is 3.34. The van der Waals surface area contributed by atoms with Gasteiger partial charge in [0.25, 0.3) is 0 Å². The van der Waals surface area contributed by atoms with E-state index < -0.39 is 0 Å². The van der Waals surface area contributed by atoms with E-state index in [4.69, 9.17) is 0 Å². The van der Waals surface area contributed by atoms with Crippen LogP contribution in [0.25, 0.3) is 0 Å². The first kappa shape index (κ1) is 13.6. The van der Waals surface area contributed by atoms with Crippen molar-refractivity contribution in [3.8, 4) is 0 Å². The van der Waals surface area contributed by atoms with E-state index in [0.717, 1.165) is 6.54 Å². The highest BCUT2D eigenvalue weighted by Gasteiger charge is 2.08. The second-order valence-electron chi connectivity index (χ2n) is 4.18. The maximum Gasteiger partial charge on any atom is 0.0444 e. The Balaban J connectivity index is 2.63. The van der Waals surface area contributed by atoms with Crippen molar-refractivity contribution in [1.82, 2.24) is 10.6 Å². The Morgan fingerprint density at radius 3 is 2.25 bits per heavy atom. The number of likely N-dealkylation sites (N-methyl/N-ethyl adjacent to an activating group) is 1. The van der Waals surface area contributed by atoms with Crippen LogP contribution in [0, 0.1) is 0 Å².